The van der Waals surface area contributed by atoms with Crippen LogP contribution in [0.15, 0.2) is 53.1 Å². The maximum absolute atomic E-state index is 12.9. The first kappa shape index (κ1) is 16.8. The van der Waals surface area contributed by atoms with Gasteiger partial charge in [0, 0.05) is 13.2 Å². The lowest BCUT2D eigenvalue weighted by atomic mass is 10.0. The summed E-state index contributed by atoms with van der Waals surface area (Å²) in [5.74, 6) is 0.346. The molecule has 0 saturated heterocycles. The molecule has 0 aliphatic carbocycles. The summed E-state index contributed by atoms with van der Waals surface area (Å²) in [6.45, 7) is 2.32. The first-order valence-corrected chi connectivity index (χ1v) is 8.45. The van der Waals surface area contributed by atoms with Crippen molar-refractivity contribution in [1.29, 1.82) is 0 Å². The zero-order valence-electron chi connectivity index (χ0n) is 14.8. The fourth-order valence-electron chi connectivity index (χ4n) is 2.83. The number of fused-ring (bicyclic) bond motifs is 1. The molecule has 0 unspecified atom stereocenters. The van der Waals surface area contributed by atoms with Crippen LogP contribution < -0.4 is 10.1 Å². The van der Waals surface area contributed by atoms with E-state index in [0.29, 0.717) is 23.6 Å². The molecule has 0 aliphatic rings. The van der Waals surface area contributed by atoms with E-state index in [1.807, 2.05) is 37.3 Å². The van der Waals surface area contributed by atoms with E-state index in [4.69, 9.17) is 9.15 Å². The molecule has 0 aliphatic heterocycles. The molecule has 1 amide bonds. The van der Waals surface area contributed by atoms with Crippen molar-refractivity contribution in [2.45, 2.75) is 6.92 Å². The molecule has 4 aromatic rings. The molecule has 2 aromatic carbocycles. The Morgan fingerprint density at radius 3 is 2.81 bits per heavy atom. The van der Waals surface area contributed by atoms with E-state index in [-0.39, 0.29) is 17.8 Å². The Labute approximate surface area is 154 Å². The monoisotopic (exact) mass is 363 g/mol. The first-order chi connectivity index (χ1) is 13.2. The van der Waals surface area contributed by atoms with E-state index in [1.165, 1.54) is 0 Å². The average Bonchev–Trinajstić information content (AvgIpc) is 3.30. The number of amides is 1. The zero-order valence-corrected chi connectivity index (χ0v) is 14.8. The number of hydrogen-bond donors (Lipinski definition) is 1. The van der Waals surface area contributed by atoms with Crippen molar-refractivity contribution in [3.05, 3.63) is 54.2 Å². The van der Waals surface area contributed by atoms with Crippen molar-refractivity contribution in [3.8, 4) is 17.3 Å². The van der Waals surface area contributed by atoms with Gasteiger partial charge in [0.15, 0.2) is 0 Å². The van der Waals surface area contributed by atoms with Crippen molar-refractivity contribution >= 4 is 22.7 Å². The summed E-state index contributed by atoms with van der Waals surface area (Å²) in [4.78, 5) is 12.9. The summed E-state index contributed by atoms with van der Waals surface area (Å²) in [7, 11) is 1.79. The highest BCUT2D eigenvalue weighted by Gasteiger charge is 2.20. The summed E-state index contributed by atoms with van der Waals surface area (Å²) in [6.07, 6.45) is 1.77. The van der Waals surface area contributed by atoms with Gasteiger partial charge in [-0.05, 0) is 29.8 Å². The molecule has 0 saturated carbocycles. The van der Waals surface area contributed by atoms with Gasteiger partial charge in [0.2, 0.25) is 0 Å². The van der Waals surface area contributed by atoms with Crippen molar-refractivity contribution in [2.24, 2.45) is 7.05 Å². The van der Waals surface area contributed by atoms with E-state index in [1.54, 1.807) is 30.1 Å². The van der Waals surface area contributed by atoms with E-state index < -0.39 is 0 Å². The maximum atomic E-state index is 12.9. The largest absolute Gasteiger partial charge is 0.493 e. The van der Waals surface area contributed by atoms with Crippen LogP contribution in [0.2, 0.25) is 0 Å². The third kappa shape index (κ3) is 3.24. The lowest BCUT2D eigenvalue weighted by Gasteiger charge is -2.12. The molecular formula is C19H17N5O3. The second-order valence-corrected chi connectivity index (χ2v) is 5.83. The molecule has 0 atom stereocenters. The molecular weight excluding hydrogens is 346 g/mol. The third-order valence-corrected chi connectivity index (χ3v) is 4.00. The average molecular weight is 363 g/mol. The number of rotatable bonds is 5. The minimum atomic E-state index is -0.383. The fourth-order valence-corrected chi connectivity index (χ4v) is 2.83. The number of nitrogens with zero attached hydrogens (tertiary/aromatic N) is 4. The highest BCUT2D eigenvalue weighted by molar-refractivity contribution is 6.14. The molecule has 0 bridgehead atoms. The Kier molecular flexibility index (Phi) is 4.29. The van der Waals surface area contributed by atoms with Crippen molar-refractivity contribution in [2.75, 3.05) is 11.9 Å². The molecule has 2 aromatic heterocycles. The molecule has 0 spiro atoms. The molecule has 4 rings (SSSR count). The normalized spacial score (nSPS) is 10.9. The lowest BCUT2D eigenvalue weighted by molar-refractivity contribution is 0.102. The molecule has 136 valence electrons. The SMILES string of the molecule is CCOc1ccc2ccccc2c1C(=O)Nc1nnc(-c2ccn(C)n2)o1. The van der Waals surface area contributed by atoms with Gasteiger partial charge in [-0.15, -0.1) is 5.10 Å². The minimum Gasteiger partial charge on any atom is -0.493 e. The molecule has 0 radical (unpaired) electrons. The number of aromatic nitrogens is 4. The summed E-state index contributed by atoms with van der Waals surface area (Å²) in [5, 5.41) is 16.4. The van der Waals surface area contributed by atoms with Gasteiger partial charge >= 0.3 is 6.01 Å². The summed E-state index contributed by atoms with van der Waals surface area (Å²) < 4.78 is 12.8. The van der Waals surface area contributed by atoms with Crippen LogP contribution in [0.25, 0.3) is 22.4 Å². The zero-order chi connectivity index (χ0) is 18.8. The maximum Gasteiger partial charge on any atom is 0.322 e. The van der Waals surface area contributed by atoms with Crippen molar-refractivity contribution in [1.82, 2.24) is 20.0 Å². The van der Waals surface area contributed by atoms with Gasteiger partial charge in [-0.1, -0.05) is 35.4 Å². The van der Waals surface area contributed by atoms with Crippen LogP contribution >= 0.6 is 0 Å². The number of hydrogen-bond acceptors (Lipinski definition) is 6. The second kappa shape index (κ2) is 6.91. The Morgan fingerprint density at radius 2 is 2.04 bits per heavy atom. The summed E-state index contributed by atoms with van der Waals surface area (Å²) in [6, 6.07) is 13.1. The van der Waals surface area contributed by atoms with Crippen molar-refractivity contribution in [3.63, 3.8) is 0 Å². The Balaban J connectivity index is 1.67. The van der Waals surface area contributed by atoms with Crippen LogP contribution in [0.3, 0.4) is 0 Å². The van der Waals surface area contributed by atoms with Gasteiger partial charge in [0.25, 0.3) is 11.8 Å². The smallest absolute Gasteiger partial charge is 0.322 e. The van der Waals surface area contributed by atoms with Crippen LogP contribution in [0.5, 0.6) is 5.75 Å². The van der Waals surface area contributed by atoms with E-state index in [9.17, 15) is 4.79 Å². The van der Waals surface area contributed by atoms with Gasteiger partial charge in [0.1, 0.15) is 11.4 Å². The molecule has 8 heteroatoms. The van der Waals surface area contributed by atoms with Gasteiger partial charge in [-0.25, -0.2) is 0 Å². The van der Waals surface area contributed by atoms with Gasteiger partial charge < -0.3 is 9.15 Å². The standard InChI is InChI=1S/C19H17N5O3/c1-3-26-15-9-8-12-6-4-5-7-13(12)16(15)17(25)20-19-22-21-18(27-19)14-10-11-24(2)23-14/h4-11H,3H2,1-2H3,(H,20,22,25). The molecule has 2 heterocycles. The number of aryl methyl sites for hydroxylation is 1. The third-order valence-electron chi connectivity index (χ3n) is 4.00. The highest BCUT2D eigenvalue weighted by atomic mass is 16.5. The minimum absolute atomic E-state index is 0.00367. The predicted molar refractivity (Wildman–Crippen MR) is 99.6 cm³/mol. The highest BCUT2D eigenvalue weighted by Crippen LogP contribution is 2.29. The Morgan fingerprint density at radius 1 is 1.19 bits per heavy atom. The molecule has 1 N–H and O–H groups in total. The van der Waals surface area contributed by atoms with Gasteiger partial charge in [-0.2, -0.15) is 5.10 Å². The topological polar surface area (TPSA) is 95.1 Å². The molecule has 8 nitrogen and oxygen atoms in total. The molecule has 27 heavy (non-hydrogen) atoms. The summed E-state index contributed by atoms with van der Waals surface area (Å²) >= 11 is 0. The van der Waals surface area contributed by atoms with Gasteiger partial charge in [0.05, 0.1) is 12.2 Å². The second-order valence-electron chi connectivity index (χ2n) is 5.83. The predicted octanol–water partition coefficient (Wildman–Crippen LogP) is 3.27. The van der Waals surface area contributed by atoms with Gasteiger partial charge in [-0.3, -0.25) is 14.8 Å². The number of nitrogens with one attached hydrogen (secondary N) is 1. The van der Waals surface area contributed by atoms with E-state index in [0.717, 1.165) is 10.8 Å². The quantitative estimate of drug-likeness (QED) is 0.585. The van der Waals surface area contributed by atoms with Crippen LogP contribution in [0.1, 0.15) is 17.3 Å². The Bertz CT molecular complexity index is 1120. The number of ether oxygens (including phenoxy) is 1. The van der Waals surface area contributed by atoms with E-state index >= 15 is 0 Å². The van der Waals surface area contributed by atoms with Crippen LogP contribution in [-0.2, 0) is 7.05 Å². The fraction of sp³-hybridized carbons (Fsp3) is 0.158. The van der Waals surface area contributed by atoms with Crippen LogP contribution in [0.4, 0.5) is 6.01 Å². The van der Waals surface area contributed by atoms with Crippen LogP contribution in [0, 0.1) is 0 Å². The summed E-state index contributed by atoms with van der Waals surface area (Å²) in [5.41, 5.74) is 0.957. The number of carbonyl (C=O) groups excluding carboxylic acids is 1. The van der Waals surface area contributed by atoms with Crippen molar-refractivity contribution < 1.29 is 13.9 Å². The lowest BCUT2D eigenvalue weighted by Crippen LogP contribution is -2.14. The number of benzene rings is 2. The first-order valence-electron chi connectivity index (χ1n) is 8.45. The molecule has 0 fully saturated rings. The number of carbonyl (C=O) groups is 1. The van der Waals surface area contributed by atoms with E-state index in [2.05, 4.69) is 20.6 Å². The number of anilines is 1. The Hall–Kier alpha value is -3.68. The van der Waals surface area contributed by atoms with Crippen LogP contribution in [-0.4, -0.2) is 32.5 Å².